The summed E-state index contributed by atoms with van der Waals surface area (Å²) in [7, 11) is 0. The molecule has 0 aliphatic rings. The Hall–Kier alpha value is -0.740. The molecule has 0 bridgehead atoms. The lowest BCUT2D eigenvalue weighted by Crippen LogP contribution is -1.97. The Morgan fingerprint density at radius 1 is 1.60 bits per heavy atom. The summed E-state index contributed by atoms with van der Waals surface area (Å²) < 4.78 is 0. The second-order valence-electron chi connectivity index (χ2n) is 1.59. The van der Waals surface area contributed by atoms with E-state index in [-0.39, 0.29) is 0 Å². The summed E-state index contributed by atoms with van der Waals surface area (Å²) in [6, 6.07) is 1.46. The summed E-state index contributed by atoms with van der Waals surface area (Å²) in [5.74, 6) is 0.705. The number of hydrogen-bond donors (Lipinski definition) is 1. The number of nitrogens with zero attached hydrogens (tertiary/aromatic N) is 2. The summed E-state index contributed by atoms with van der Waals surface area (Å²) in [5.41, 5.74) is 5.33. The Morgan fingerprint density at radius 2 is 2.30 bits per heavy atom. The van der Waals surface area contributed by atoms with Crippen LogP contribution in [0.4, 0.5) is 5.82 Å². The van der Waals surface area contributed by atoms with Crippen LogP contribution in [-0.2, 0) is 0 Å². The average molecular weight is 174 g/mol. The largest absolute Gasteiger partial charge is 0.384 e. The first-order chi connectivity index (χ1) is 4.72. The van der Waals surface area contributed by atoms with Gasteiger partial charge in [-0.1, -0.05) is 23.8 Å². The number of anilines is 1. The van der Waals surface area contributed by atoms with Gasteiger partial charge in [0.15, 0.2) is 5.82 Å². The number of thiocarbonyl (C=S) groups is 1. The van der Waals surface area contributed by atoms with E-state index < -0.39 is 0 Å². The van der Waals surface area contributed by atoms with Crippen LogP contribution in [-0.4, -0.2) is 15.3 Å². The smallest absolute Gasteiger partial charge is 0.166 e. The van der Waals surface area contributed by atoms with E-state index in [2.05, 4.69) is 22.2 Å². The van der Waals surface area contributed by atoms with Gasteiger partial charge in [-0.2, -0.15) is 0 Å². The maximum absolute atomic E-state index is 5.53. The van der Waals surface area contributed by atoms with Crippen molar-refractivity contribution in [2.75, 3.05) is 5.73 Å². The highest BCUT2D eigenvalue weighted by atomic mass is 35.5. The third-order valence-corrected chi connectivity index (χ3v) is 1.24. The first kappa shape index (κ1) is 7.37. The van der Waals surface area contributed by atoms with Crippen LogP contribution < -0.4 is 5.73 Å². The topological polar surface area (TPSA) is 51.8 Å². The van der Waals surface area contributed by atoms with Gasteiger partial charge in [-0.3, -0.25) is 0 Å². The predicted molar refractivity (Wildman–Crippen MR) is 44.2 cm³/mol. The molecule has 3 nitrogen and oxygen atoms in total. The minimum Gasteiger partial charge on any atom is -0.384 e. The van der Waals surface area contributed by atoms with Crippen LogP contribution in [0.2, 0.25) is 5.15 Å². The monoisotopic (exact) mass is 173 g/mol. The van der Waals surface area contributed by atoms with E-state index in [0.717, 1.165) is 0 Å². The molecule has 0 saturated carbocycles. The lowest BCUT2D eigenvalue weighted by molar-refractivity contribution is 1.16. The Kier molecular flexibility index (Phi) is 2.13. The van der Waals surface area contributed by atoms with Crippen molar-refractivity contribution < 1.29 is 0 Å². The molecule has 0 aromatic carbocycles. The fourth-order valence-corrected chi connectivity index (χ4v) is 0.810. The molecule has 1 aromatic heterocycles. The van der Waals surface area contributed by atoms with Crippen LogP contribution in [0.25, 0.3) is 0 Å². The standard InChI is InChI=1S/C5H4ClN3S/c6-3-1-4(7)9-5(2-10)8-3/h1-2H,(H2,7,8,9). The number of hydrogen-bond acceptors (Lipinski definition) is 4. The number of nitrogen functional groups attached to an aromatic ring is 1. The highest BCUT2D eigenvalue weighted by Gasteiger charge is 1.95. The molecule has 0 aliphatic heterocycles. The zero-order valence-electron chi connectivity index (χ0n) is 4.91. The highest BCUT2D eigenvalue weighted by molar-refractivity contribution is 7.79. The van der Waals surface area contributed by atoms with Gasteiger partial charge in [0.2, 0.25) is 0 Å². The van der Waals surface area contributed by atoms with E-state index in [4.69, 9.17) is 17.3 Å². The predicted octanol–water partition coefficient (Wildman–Crippen LogP) is 1.06. The van der Waals surface area contributed by atoms with Crippen molar-refractivity contribution in [3.63, 3.8) is 0 Å². The Labute approximate surface area is 68.2 Å². The quantitative estimate of drug-likeness (QED) is 0.510. The molecule has 10 heavy (non-hydrogen) atoms. The molecule has 5 heteroatoms. The normalized spacial score (nSPS) is 9.30. The zero-order valence-corrected chi connectivity index (χ0v) is 6.49. The van der Waals surface area contributed by atoms with Crippen LogP contribution in [0.3, 0.4) is 0 Å². The fraction of sp³-hybridized carbons (Fsp3) is 0. The Bertz CT molecular complexity index is 243. The van der Waals surface area contributed by atoms with Gasteiger partial charge in [0, 0.05) is 11.4 Å². The molecule has 0 aliphatic carbocycles. The summed E-state index contributed by atoms with van der Waals surface area (Å²) in [4.78, 5) is 7.54. The molecule has 0 saturated heterocycles. The van der Waals surface area contributed by atoms with E-state index in [1.165, 1.54) is 11.4 Å². The minimum absolute atomic E-state index is 0.309. The molecule has 0 spiro atoms. The number of halogens is 1. The lowest BCUT2D eigenvalue weighted by Gasteiger charge is -1.93. The first-order valence-electron chi connectivity index (χ1n) is 2.47. The second-order valence-corrected chi connectivity index (χ2v) is 2.21. The van der Waals surface area contributed by atoms with Gasteiger partial charge >= 0.3 is 0 Å². The summed E-state index contributed by atoms with van der Waals surface area (Å²) >= 11 is 10.1. The van der Waals surface area contributed by atoms with E-state index >= 15 is 0 Å². The van der Waals surface area contributed by atoms with Crippen LogP contribution >= 0.6 is 23.8 Å². The molecule has 2 N–H and O–H groups in total. The van der Waals surface area contributed by atoms with Crippen molar-refractivity contribution in [3.8, 4) is 0 Å². The van der Waals surface area contributed by atoms with Crippen molar-refractivity contribution in [1.82, 2.24) is 9.97 Å². The minimum atomic E-state index is 0.309. The maximum atomic E-state index is 5.53. The fourth-order valence-electron chi connectivity index (χ4n) is 0.506. The maximum Gasteiger partial charge on any atom is 0.166 e. The molecule has 0 unspecified atom stereocenters. The highest BCUT2D eigenvalue weighted by Crippen LogP contribution is 2.06. The summed E-state index contributed by atoms with van der Waals surface area (Å²) in [5, 5.41) is 1.63. The van der Waals surface area contributed by atoms with Crippen molar-refractivity contribution in [3.05, 3.63) is 17.0 Å². The molecular weight excluding hydrogens is 170 g/mol. The molecule has 1 aromatic rings. The molecule has 0 radical (unpaired) electrons. The molecule has 1 rings (SSSR count). The third kappa shape index (κ3) is 1.62. The molecule has 1 heterocycles. The van der Waals surface area contributed by atoms with Crippen LogP contribution in [0.5, 0.6) is 0 Å². The van der Waals surface area contributed by atoms with E-state index in [9.17, 15) is 0 Å². The molecule has 0 amide bonds. The molecule has 52 valence electrons. The zero-order chi connectivity index (χ0) is 7.56. The van der Waals surface area contributed by atoms with Gasteiger partial charge in [-0.05, 0) is 0 Å². The van der Waals surface area contributed by atoms with Crippen molar-refractivity contribution >= 4 is 35.0 Å². The van der Waals surface area contributed by atoms with Gasteiger partial charge in [0.05, 0.1) is 0 Å². The number of rotatable bonds is 1. The summed E-state index contributed by atoms with van der Waals surface area (Å²) in [6.07, 6.45) is 0. The van der Waals surface area contributed by atoms with E-state index in [1.807, 2.05) is 0 Å². The van der Waals surface area contributed by atoms with Crippen LogP contribution in [0.15, 0.2) is 6.07 Å². The summed E-state index contributed by atoms with van der Waals surface area (Å²) in [6.45, 7) is 0. The van der Waals surface area contributed by atoms with Crippen molar-refractivity contribution in [1.29, 1.82) is 0 Å². The SMILES string of the molecule is Nc1cc(Cl)nc(C=S)n1. The van der Waals surface area contributed by atoms with Crippen molar-refractivity contribution in [2.45, 2.75) is 0 Å². The van der Waals surface area contributed by atoms with E-state index in [0.29, 0.717) is 16.8 Å². The van der Waals surface area contributed by atoms with Crippen LogP contribution in [0, 0.1) is 0 Å². The Balaban J connectivity index is 3.18. The van der Waals surface area contributed by atoms with Gasteiger partial charge in [0.1, 0.15) is 11.0 Å². The number of nitrogens with two attached hydrogens (primary N) is 1. The number of aromatic nitrogens is 2. The lowest BCUT2D eigenvalue weighted by atomic mass is 10.5. The van der Waals surface area contributed by atoms with Crippen molar-refractivity contribution in [2.24, 2.45) is 0 Å². The van der Waals surface area contributed by atoms with Crippen LogP contribution in [0.1, 0.15) is 5.82 Å². The van der Waals surface area contributed by atoms with Gasteiger partial charge < -0.3 is 5.73 Å². The second kappa shape index (κ2) is 2.90. The molecule has 0 atom stereocenters. The Morgan fingerprint density at radius 3 is 2.80 bits per heavy atom. The van der Waals surface area contributed by atoms with Gasteiger partial charge in [-0.25, -0.2) is 9.97 Å². The average Bonchev–Trinajstić information content (AvgIpc) is 1.85. The third-order valence-electron chi connectivity index (χ3n) is 0.837. The molecular formula is C5H4ClN3S. The van der Waals surface area contributed by atoms with E-state index in [1.54, 1.807) is 0 Å². The van der Waals surface area contributed by atoms with Gasteiger partial charge in [0.25, 0.3) is 0 Å². The first-order valence-corrected chi connectivity index (χ1v) is 3.32. The molecule has 0 fully saturated rings. The van der Waals surface area contributed by atoms with Gasteiger partial charge in [-0.15, -0.1) is 0 Å².